The van der Waals surface area contributed by atoms with Crippen LogP contribution in [0.15, 0.2) is 36.4 Å². The number of hydrogen-bond acceptors (Lipinski definition) is 4. The van der Waals surface area contributed by atoms with Crippen LogP contribution in [0.25, 0.3) is 0 Å². The molecular formula is C23H36N2O4. The zero-order valence-electron chi connectivity index (χ0n) is 18.6. The second-order valence-electron chi connectivity index (χ2n) is 8.88. The third-order valence-electron chi connectivity index (χ3n) is 3.70. The molecule has 1 rings (SSSR count). The number of rotatable bonds is 10. The van der Waals surface area contributed by atoms with Crippen LogP contribution < -0.4 is 10.6 Å². The molecule has 0 aliphatic heterocycles. The smallest absolute Gasteiger partial charge is 0.251 e. The summed E-state index contributed by atoms with van der Waals surface area (Å²) in [6, 6.07) is 6.59. The van der Waals surface area contributed by atoms with Gasteiger partial charge in [-0.15, -0.1) is 0 Å². The summed E-state index contributed by atoms with van der Waals surface area (Å²) >= 11 is 0. The molecule has 0 aromatic heterocycles. The summed E-state index contributed by atoms with van der Waals surface area (Å²) < 4.78 is 11.0. The molecule has 162 valence electrons. The van der Waals surface area contributed by atoms with E-state index >= 15 is 0 Å². The molecule has 0 aliphatic rings. The van der Waals surface area contributed by atoms with E-state index in [-0.39, 0.29) is 22.8 Å². The van der Waals surface area contributed by atoms with Crippen molar-refractivity contribution in [2.75, 3.05) is 32.9 Å². The molecule has 0 saturated carbocycles. The highest BCUT2D eigenvalue weighted by Gasteiger charge is 2.10. The second kappa shape index (κ2) is 11.7. The predicted octanol–water partition coefficient (Wildman–Crippen LogP) is 3.58. The van der Waals surface area contributed by atoms with Crippen LogP contribution in [0.2, 0.25) is 0 Å². The summed E-state index contributed by atoms with van der Waals surface area (Å²) in [5.74, 6) is -0.360. The van der Waals surface area contributed by atoms with E-state index in [4.69, 9.17) is 9.47 Å². The van der Waals surface area contributed by atoms with E-state index < -0.39 is 0 Å². The number of carbonyl (C=O) groups excluding carboxylic acids is 2. The van der Waals surface area contributed by atoms with Gasteiger partial charge in [-0.2, -0.15) is 0 Å². The lowest BCUT2D eigenvalue weighted by Gasteiger charge is -2.19. The number of ether oxygens (including phenoxy) is 2. The minimum atomic E-state index is -0.195. The van der Waals surface area contributed by atoms with Gasteiger partial charge in [0.25, 0.3) is 11.8 Å². The Balaban J connectivity index is 2.31. The van der Waals surface area contributed by atoms with Crippen molar-refractivity contribution in [3.05, 3.63) is 47.5 Å². The normalized spacial score (nSPS) is 12.2. The highest BCUT2D eigenvalue weighted by Crippen LogP contribution is 2.13. The Hall–Kier alpha value is -2.18. The van der Waals surface area contributed by atoms with Gasteiger partial charge in [-0.1, -0.05) is 32.9 Å². The van der Waals surface area contributed by atoms with Gasteiger partial charge in [-0.05, 0) is 50.5 Å². The lowest BCUT2D eigenvalue weighted by atomic mass is 9.96. The lowest BCUT2D eigenvalue weighted by molar-refractivity contribution is -0.0341. The van der Waals surface area contributed by atoms with Crippen molar-refractivity contribution in [1.82, 2.24) is 10.6 Å². The first-order chi connectivity index (χ1) is 13.5. The van der Waals surface area contributed by atoms with E-state index in [0.717, 1.165) is 0 Å². The fraction of sp³-hybridized carbons (Fsp3) is 0.565. The molecule has 1 aromatic rings. The molecule has 0 saturated heterocycles. The SMILES string of the molecule is CC(C)(C)C=CCNC(=O)c1ccc(C(=O)NCCOCCOC(C)(C)C)cc1. The molecule has 1 aromatic carbocycles. The molecule has 0 heterocycles. The second-order valence-corrected chi connectivity index (χ2v) is 8.88. The molecule has 0 unspecified atom stereocenters. The molecule has 0 aliphatic carbocycles. The molecule has 2 N–H and O–H groups in total. The van der Waals surface area contributed by atoms with Gasteiger partial charge in [0.15, 0.2) is 0 Å². The molecule has 0 fully saturated rings. The molecule has 0 atom stereocenters. The Bertz CT molecular complexity index is 668. The third kappa shape index (κ3) is 12.1. The topological polar surface area (TPSA) is 76.7 Å². The van der Waals surface area contributed by atoms with Crippen LogP contribution in [0.4, 0.5) is 0 Å². The molecule has 29 heavy (non-hydrogen) atoms. The largest absolute Gasteiger partial charge is 0.377 e. The van der Waals surface area contributed by atoms with Crippen molar-refractivity contribution < 1.29 is 19.1 Å². The molecule has 2 amide bonds. The zero-order valence-corrected chi connectivity index (χ0v) is 18.6. The lowest BCUT2D eigenvalue weighted by Crippen LogP contribution is -2.28. The van der Waals surface area contributed by atoms with Crippen LogP contribution in [0.1, 0.15) is 62.3 Å². The number of nitrogens with one attached hydrogen (secondary N) is 2. The first kappa shape index (κ1) is 24.9. The standard InChI is InChI=1S/C23H36N2O4/c1-22(2,3)12-7-13-24-20(26)18-8-10-19(11-9-18)21(27)25-14-15-28-16-17-29-23(4,5)6/h7-12H,13-17H2,1-6H3,(H,24,26)(H,25,27). The van der Waals surface area contributed by atoms with Gasteiger partial charge in [0.05, 0.1) is 25.4 Å². The summed E-state index contributed by atoms with van der Waals surface area (Å²) in [5, 5.41) is 5.63. The van der Waals surface area contributed by atoms with Crippen LogP contribution in [0, 0.1) is 5.41 Å². The molecule has 0 bridgehead atoms. The van der Waals surface area contributed by atoms with Crippen molar-refractivity contribution in [3.8, 4) is 0 Å². The van der Waals surface area contributed by atoms with Crippen molar-refractivity contribution in [3.63, 3.8) is 0 Å². The monoisotopic (exact) mass is 404 g/mol. The van der Waals surface area contributed by atoms with Gasteiger partial charge < -0.3 is 20.1 Å². The number of allylic oxidation sites excluding steroid dienone is 1. The maximum Gasteiger partial charge on any atom is 0.251 e. The Morgan fingerprint density at radius 2 is 1.41 bits per heavy atom. The minimum absolute atomic E-state index is 0.0883. The Morgan fingerprint density at radius 3 is 1.93 bits per heavy atom. The van der Waals surface area contributed by atoms with Gasteiger partial charge in [0.1, 0.15) is 0 Å². The summed E-state index contributed by atoms with van der Waals surface area (Å²) in [6.45, 7) is 14.6. The van der Waals surface area contributed by atoms with Crippen molar-refractivity contribution in [1.29, 1.82) is 0 Å². The molecule has 0 spiro atoms. The molecule has 6 nitrogen and oxygen atoms in total. The van der Waals surface area contributed by atoms with Gasteiger partial charge in [-0.3, -0.25) is 9.59 Å². The molecule has 6 heteroatoms. The highest BCUT2D eigenvalue weighted by atomic mass is 16.5. The Kier molecular flexibility index (Phi) is 10.1. The van der Waals surface area contributed by atoms with Crippen molar-refractivity contribution in [2.45, 2.75) is 47.1 Å². The number of amides is 2. The van der Waals surface area contributed by atoms with Crippen LogP contribution in [-0.4, -0.2) is 50.3 Å². The van der Waals surface area contributed by atoms with Gasteiger partial charge in [0, 0.05) is 24.2 Å². The van der Waals surface area contributed by atoms with E-state index in [9.17, 15) is 9.59 Å². The maximum atomic E-state index is 12.1. The first-order valence-electron chi connectivity index (χ1n) is 10.0. The molecule has 0 radical (unpaired) electrons. The fourth-order valence-corrected chi connectivity index (χ4v) is 2.29. The average molecular weight is 405 g/mol. The van der Waals surface area contributed by atoms with E-state index in [1.807, 2.05) is 26.8 Å². The first-order valence-corrected chi connectivity index (χ1v) is 10.0. The fourth-order valence-electron chi connectivity index (χ4n) is 2.29. The van der Waals surface area contributed by atoms with Crippen molar-refractivity contribution >= 4 is 11.8 Å². The van der Waals surface area contributed by atoms with Gasteiger partial charge in [-0.25, -0.2) is 0 Å². The van der Waals surface area contributed by atoms with E-state index in [1.165, 1.54) is 0 Å². The van der Waals surface area contributed by atoms with E-state index in [0.29, 0.717) is 44.0 Å². The van der Waals surface area contributed by atoms with Gasteiger partial charge in [0.2, 0.25) is 0 Å². The predicted molar refractivity (Wildman–Crippen MR) is 116 cm³/mol. The van der Waals surface area contributed by atoms with E-state index in [1.54, 1.807) is 24.3 Å². The van der Waals surface area contributed by atoms with Crippen LogP contribution >= 0.6 is 0 Å². The number of carbonyl (C=O) groups is 2. The zero-order chi connectivity index (χ0) is 21.9. The average Bonchev–Trinajstić information content (AvgIpc) is 2.62. The quantitative estimate of drug-likeness (QED) is 0.462. The van der Waals surface area contributed by atoms with Crippen LogP contribution in [0.3, 0.4) is 0 Å². The summed E-state index contributed by atoms with van der Waals surface area (Å²) in [7, 11) is 0. The summed E-state index contributed by atoms with van der Waals surface area (Å²) in [5.41, 5.74) is 0.938. The van der Waals surface area contributed by atoms with Crippen LogP contribution in [-0.2, 0) is 9.47 Å². The van der Waals surface area contributed by atoms with Crippen LogP contribution in [0.5, 0.6) is 0 Å². The Morgan fingerprint density at radius 1 is 0.862 bits per heavy atom. The summed E-state index contributed by atoms with van der Waals surface area (Å²) in [6.07, 6.45) is 4.00. The summed E-state index contributed by atoms with van der Waals surface area (Å²) in [4.78, 5) is 24.3. The third-order valence-corrected chi connectivity index (χ3v) is 3.70. The maximum absolute atomic E-state index is 12.1. The highest BCUT2D eigenvalue weighted by molar-refractivity contribution is 5.97. The number of benzene rings is 1. The van der Waals surface area contributed by atoms with Crippen molar-refractivity contribution in [2.24, 2.45) is 5.41 Å². The van der Waals surface area contributed by atoms with E-state index in [2.05, 4.69) is 37.5 Å². The number of hydrogen-bond donors (Lipinski definition) is 2. The molecular weight excluding hydrogens is 368 g/mol. The Labute approximate surface area is 175 Å². The minimum Gasteiger partial charge on any atom is -0.377 e. The van der Waals surface area contributed by atoms with Gasteiger partial charge >= 0.3 is 0 Å².